The van der Waals surface area contributed by atoms with Gasteiger partial charge in [-0.2, -0.15) is 0 Å². The minimum Gasteiger partial charge on any atom is -0.319 e. The van der Waals surface area contributed by atoms with Crippen molar-refractivity contribution in [2.75, 3.05) is 13.6 Å². The predicted molar refractivity (Wildman–Crippen MR) is 62.5 cm³/mol. The van der Waals surface area contributed by atoms with Crippen molar-refractivity contribution >= 4 is 0 Å². The molecule has 1 atom stereocenters. The van der Waals surface area contributed by atoms with E-state index < -0.39 is 0 Å². The molecule has 0 aliphatic carbocycles. The molecule has 0 amide bonds. The summed E-state index contributed by atoms with van der Waals surface area (Å²) in [5.41, 5.74) is 2.32. The van der Waals surface area contributed by atoms with E-state index in [4.69, 9.17) is 0 Å². The maximum atomic E-state index is 12.9. The molecule has 0 saturated heterocycles. The quantitative estimate of drug-likeness (QED) is 0.786. The van der Waals surface area contributed by atoms with Crippen molar-refractivity contribution in [3.63, 3.8) is 0 Å². The molecule has 0 bridgehead atoms. The van der Waals surface area contributed by atoms with Crippen molar-refractivity contribution in [1.82, 2.24) is 5.32 Å². The Hall–Kier alpha value is -0.890. The second-order valence-corrected chi connectivity index (χ2v) is 4.11. The Kier molecular flexibility index (Phi) is 4.76. The highest BCUT2D eigenvalue weighted by atomic mass is 19.1. The van der Waals surface area contributed by atoms with Gasteiger partial charge in [-0.3, -0.25) is 0 Å². The van der Waals surface area contributed by atoms with Crippen LogP contribution in [0.4, 0.5) is 4.39 Å². The van der Waals surface area contributed by atoms with Crippen LogP contribution in [0.5, 0.6) is 0 Å². The minimum absolute atomic E-state index is 0.141. The van der Waals surface area contributed by atoms with E-state index in [1.165, 1.54) is 5.56 Å². The molecule has 84 valence electrons. The lowest BCUT2D eigenvalue weighted by Gasteiger charge is -2.15. The van der Waals surface area contributed by atoms with Crippen molar-refractivity contribution in [2.45, 2.75) is 26.7 Å². The summed E-state index contributed by atoms with van der Waals surface area (Å²) in [7, 11) is 1.97. The fraction of sp³-hybridized carbons (Fsp3) is 0.538. The third-order valence-corrected chi connectivity index (χ3v) is 2.88. The standard InChI is InChI=1S/C13H20FN/c1-4-11(9-15-3)8-12-5-6-13(14)7-10(12)2/h5-7,11,15H,4,8-9H2,1-3H3. The molecule has 1 N–H and O–H groups in total. The molecule has 1 rings (SSSR count). The molecule has 1 nitrogen and oxygen atoms in total. The average Bonchev–Trinajstić information content (AvgIpc) is 2.21. The predicted octanol–water partition coefficient (Wildman–Crippen LogP) is 2.92. The van der Waals surface area contributed by atoms with Gasteiger partial charge in [-0.05, 0) is 56.1 Å². The summed E-state index contributed by atoms with van der Waals surface area (Å²) in [4.78, 5) is 0. The fourth-order valence-corrected chi connectivity index (χ4v) is 1.85. The highest BCUT2D eigenvalue weighted by Gasteiger charge is 2.08. The minimum atomic E-state index is -0.141. The van der Waals surface area contributed by atoms with E-state index in [0.717, 1.165) is 24.9 Å². The summed E-state index contributed by atoms with van der Waals surface area (Å²) in [6, 6.07) is 5.07. The van der Waals surface area contributed by atoms with Gasteiger partial charge in [0.2, 0.25) is 0 Å². The third kappa shape index (κ3) is 3.63. The third-order valence-electron chi connectivity index (χ3n) is 2.88. The summed E-state index contributed by atoms with van der Waals surface area (Å²) in [6.45, 7) is 5.19. The van der Waals surface area contributed by atoms with Gasteiger partial charge in [0, 0.05) is 0 Å². The monoisotopic (exact) mass is 209 g/mol. The second-order valence-electron chi connectivity index (χ2n) is 4.11. The van der Waals surface area contributed by atoms with Crippen LogP contribution in [0.1, 0.15) is 24.5 Å². The highest BCUT2D eigenvalue weighted by molar-refractivity contribution is 5.26. The van der Waals surface area contributed by atoms with Gasteiger partial charge >= 0.3 is 0 Å². The molecule has 15 heavy (non-hydrogen) atoms. The molecule has 1 aromatic carbocycles. The van der Waals surface area contributed by atoms with Crippen molar-refractivity contribution < 1.29 is 4.39 Å². The Balaban J connectivity index is 2.70. The van der Waals surface area contributed by atoms with Crippen molar-refractivity contribution in [2.24, 2.45) is 5.92 Å². The molecule has 1 unspecified atom stereocenters. The van der Waals surface area contributed by atoms with Crippen molar-refractivity contribution in [1.29, 1.82) is 0 Å². The number of rotatable bonds is 5. The molecule has 0 saturated carbocycles. The molecule has 0 radical (unpaired) electrons. The van der Waals surface area contributed by atoms with Crippen LogP contribution in [0.25, 0.3) is 0 Å². The topological polar surface area (TPSA) is 12.0 Å². The van der Waals surface area contributed by atoms with Gasteiger partial charge in [-0.1, -0.05) is 19.4 Å². The van der Waals surface area contributed by atoms with Crippen LogP contribution in [0.15, 0.2) is 18.2 Å². The molecule has 0 aromatic heterocycles. The zero-order valence-electron chi connectivity index (χ0n) is 9.81. The first-order valence-corrected chi connectivity index (χ1v) is 5.57. The molecule has 0 aliphatic heterocycles. The molecule has 0 spiro atoms. The molecule has 1 aromatic rings. The summed E-state index contributed by atoms with van der Waals surface area (Å²) in [6.07, 6.45) is 2.18. The molecular formula is C13H20FN. The summed E-state index contributed by atoms with van der Waals surface area (Å²) >= 11 is 0. The van der Waals surface area contributed by atoms with Gasteiger partial charge in [0.1, 0.15) is 5.82 Å². The molecule has 2 heteroatoms. The normalized spacial score (nSPS) is 12.8. The lowest BCUT2D eigenvalue weighted by molar-refractivity contribution is 0.480. The number of hydrogen-bond acceptors (Lipinski definition) is 1. The van der Waals surface area contributed by atoms with Gasteiger partial charge in [-0.15, -0.1) is 0 Å². The highest BCUT2D eigenvalue weighted by Crippen LogP contribution is 2.16. The maximum absolute atomic E-state index is 12.9. The van der Waals surface area contributed by atoms with Crippen LogP contribution in [0.2, 0.25) is 0 Å². The lowest BCUT2D eigenvalue weighted by atomic mass is 9.94. The van der Waals surface area contributed by atoms with Gasteiger partial charge < -0.3 is 5.32 Å². The second kappa shape index (κ2) is 5.86. The first-order valence-electron chi connectivity index (χ1n) is 5.57. The zero-order valence-corrected chi connectivity index (χ0v) is 9.81. The molecular weight excluding hydrogens is 189 g/mol. The van der Waals surface area contributed by atoms with Crippen LogP contribution in [0.3, 0.4) is 0 Å². The number of nitrogens with one attached hydrogen (secondary N) is 1. The van der Waals surface area contributed by atoms with E-state index in [1.807, 2.05) is 20.0 Å². The number of hydrogen-bond donors (Lipinski definition) is 1. The fourth-order valence-electron chi connectivity index (χ4n) is 1.85. The molecule has 0 heterocycles. The van der Waals surface area contributed by atoms with Crippen LogP contribution < -0.4 is 5.32 Å². The van der Waals surface area contributed by atoms with Crippen molar-refractivity contribution in [3.8, 4) is 0 Å². The largest absolute Gasteiger partial charge is 0.319 e. The van der Waals surface area contributed by atoms with Gasteiger partial charge in [0.05, 0.1) is 0 Å². The Morgan fingerprint density at radius 2 is 2.13 bits per heavy atom. The van der Waals surface area contributed by atoms with Crippen molar-refractivity contribution in [3.05, 3.63) is 35.1 Å². The Morgan fingerprint density at radius 3 is 2.67 bits per heavy atom. The molecule has 0 fully saturated rings. The molecule has 0 aliphatic rings. The Bertz CT molecular complexity index is 309. The SMILES string of the molecule is CCC(CNC)Cc1ccc(F)cc1C. The van der Waals surface area contributed by atoms with E-state index >= 15 is 0 Å². The van der Waals surface area contributed by atoms with E-state index in [9.17, 15) is 4.39 Å². The Morgan fingerprint density at radius 1 is 1.40 bits per heavy atom. The number of aryl methyl sites for hydroxylation is 1. The lowest BCUT2D eigenvalue weighted by Crippen LogP contribution is -2.20. The number of benzene rings is 1. The van der Waals surface area contributed by atoms with E-state index in [1.54, 1.807) is 12.1 Å². The maximum Gasteiger partial charge on any atom is 0.123 e. The number of halogens is 1. The first kappa shape index (κ1) is 12.2. The van der Waals surface area contributed by atoms with E-state index in [2.05, 4.69) is 12.2 Å². The summed E-state index contributed by atoms with van der Waals surface area (Å²) in [5.74, 6) is 0.497. The van der Waals surface area contributed by atoms with E-state index in [0.29, 0.717) is 5.92 Å². The van der Waals surface area contributed by atoms with Gasteiger partial charge in [0.25, 0.3) is 0 Å². The first-order chi connectivity index (χ1) is 7.17. The zero-order chi connectivity index (χ0) is 11.3. The van der Waals surface area contributed by atoms with Gasteiger partial charge in [-0.25, -0.2) is 4.39 Å². The average molecular weight is 209 g/mol. The Labute approximate surface area is 91.7 Å². The van der Waals surface area contributed by atoms with E-state index in [-0.39, 0.29) is 5.82 Å². The van der Waals surface area contributed by atoms with Crippen LogP contribution >= 0.6 is 0 Å². The van der Waals surface area contributed by atoms with Crippen LogP contribution in [-0.2, 0) is 6.42 Å². The van der Waals surface area contributed by atoms with Gasteiger partial charge in [0.15, 0.2) is 0 Å². The smallest absolute Gasteiger partial charge is 0.123 e. The summed E-state index contributed by atoms with van der Waals surface area (Å²) in [5, 5.41) is 3.20. The summed E-state index contributed by atoms with van der Waals surface area (Å²) < 4.78 is 12.9. The van der Waals surface area contributed by atoms with Crippen LogP contribution in [-0.4, -0.2) is 13.6 Å². The van der Waals surface area contributed by atoms with Crippen LogP contribution in [0, 0.1) is 18.7 Å².